The van der Waals surface area contributed by atoms with Crippen LogP contribution in [0.5, 0.6) is 0 Å². The van der Waals surface area contributed by atoms with Crippen molar-refractivity contribution in [3.05, 3.63) is 64.2 Å². The molecule has 1 fully saturated rings. The summed E-state index contributed by atoms with van der Waals surface area (Å²) in [5.41, 5.74) is 2.73. The third-order valence-electron chi connectivity index (χ3n) is 5.32. The maximum absolute atomic E-state index is 13.2. The first kappa shape index (κ1) is 21.0. The highest BCUT2D eigenvalue weighted by atomic mass is 16.5. The molecule has 8 heteroatoms. The number of amides is 1. The van der Waals surface area contributed by atoms with E-state index in [0.29, 0.717) is 24.7 Å². The maximum atomic E-state index is 13.2. The Hall–Kier alpha value is -3.26. The fourth-order valence-corrected chi connectivity index (χ4v) is 4.01. The normalized spacial score (nSPS) is 18.9. The van der Waals surface area contributed by atoms with Gasteiger partial charge < -0.3 is 9.64 Å². The van der Waals surface area contributed by atoms with Crippen molar-refractivity contribution in [2.45, 2.75) is 46.4 Å². The average Bonchev–Trinajstić information content (AvgIpc) is 3.07. The zero-order valence-corrected chi connectivity index (χ0v) is 18.3. The van der Waals surface area contributed by atoms with Gasteiger partial charge in [-0.25, -0.2) is 9.67 Å². The first-order chi connectivity index (χ1) is 14.8. The summed E-state index contributed by atoms with van der Waals surface area (Å²) in [6.45, 7) is 8.58. The van der Waals surface area contributed by atoms with Gasteiger partial charge in [0.25, 0.3) is 5.56 Å². The zero-order valence-electron chi connectivity index (χ0n) is 18.3. The molecule has 0 unspecified atom stereocenters. The van der Waals surface area contributed by atoms with Crippen LogP contribution >= 0.6 is 0 Å². The molecule has 1 saturated heterocycles. The summed E-state index contributed by atoms with van der Waals surface area (Å²) in [5, 5.41) is 4.51. The fraction of sp³-hybridized carbons (Fsp3) is 0.391. The molecule has 3 heterocycles. The van der Waals surface area contributed by atoms with Gasteiger partial charge in [-0.2, -0.15) is 5.10 Å². The number of rotatable bonds is 4. The zero-order chi connectivity index (χ0) is 22.1. The number of carbonyl (C=O) groups is 1. The van der Waals surface area contributed by atoms with Crippen molar-refractivity contribution < 1.29 is 9.53 Å². The molecule has 162 valence electrons. The number of nitrogens with zero attached hydrogens (tertiary/aromatic N) is 5. The van der Waals surface area contributed by atoms with Gasteiger partial charge in [-0.1, -0.05) is 30.3 Å². The Labute approximate surface area is 181 Å². The van der Waals surface area contributed by atoms with Crippen LogP contribution < -0.4 is 5.56 Å². The topological polar surface area (TPSA) is 82.2 Å². The molecule has 1 amide bonds. The minimum absolute atomic E-state index is 0.0431. The van der Waals surface area contributed by atoms with Crippen molar-refractivity contribution in [1.82, 2.24) is 24.2 Å². The van der Waals surface area contributed by atoms with Gasteiger partial charge in [-0.05, 0) is 33.8 Å². The van der Waals surface area contributed by atoms with Crippen molar-refractivity contribution in [2.75, 3.05) is 13.1 Å². The van der Waals surface area contributed by atoms with Gasteiger partial charge >= 0.3 is 0 Å². The lowest BCUT2D eigenvalue weighted by molar-refractivity contribution is -0.143. The summed E-state index contributed by atoms with van der Waals surface area (Å²) in [7, 11) is 0. The first-order valence-electron chi connectivity index (χ1n) is 10.5. The maximum Gasteiger partial charge on any atom is 0.256 e. The minimum atomic E-state index is -0.292. The molecule has 2 atom stereocenters. The first-order valence-corrected chi connectivity index (χ1v) is 10.5. The number of aryl methyl sites for hydroxylation is 2. The highest BCUT2D eigenvalue weighted by Gasteiger charge is 2.27. The Bertz CT molecular complexity index is 1140. The molecule has 0 spiro atoms. The van der Waals surface area contributed by atoms with Crippen LogP contribution in [0, 0.1) is 13.8 Å². The molecule has 1 aromatic carbocycles. The van der Waals surface area contributed by atoms with E-state index in [1.165, 1.54) is 10.6 Å². The van der Waals surface area contributed by atoms with Gasteiger partial charge in [0.2, 0.25) is 11.9 Å². The monoisotopic (exact) mass is 421 g/mol. The average molecular weight is 422 g/mol. The van der Waals surface area contributed by atoms with Crippen molar-refractivity contribution in [3.63, 3.8) is 0 Å². The molecule has 0 N–H and O–H groups in total. The highest BCUT2D eigenvalue weighted by Crippen LogP contribution is 2.18. The smallest absolute Gasteiger partial charge is 0.256 e. The summed E-state index contributed by atoms with van der Waals surface area (Å²) in [4.78, 5) is 32.7. The lowest BCUT2D eigenvalue weighted by Crippen LogP contribution is -2.49. The number of carbonyl (C=O) groups excluding carboxylic acids is 1. The Morgan fingerprint density at radius 2 is 1.77 bits per heavy atom. The van der Waals surface area contributed by atoms with E-state index in [1.54, 1.807) is 9.58 Å². The predicted molar refractivity (Wildman–Crippen MR) is 117 cm³/mol. The van der Waals surface area contributed by atoms with Crippen LogP contribution in [0.25, 0.3) is 17.2 Å². The van der Waals surface area contributed by atoms with Crippen LogP contribution in [0.1, 0.15) is 25.2 Å². The number of aromatic nitrogens is 4. The van der Waals surface area contributed by atoms with Gasteiger partial charge in [0.1, 0.15) is 6.54 Å². The van der Waals surface area contributed by atoms with E-state index < -0.39 is 0 Å². The third-order valence-corrected chi connectivity index (χ3v) is 5.32. The second kappa shape index (κ2) is 8.47. The molecule has 0 aliphatic carbocycles. The lowest BCUT2D eigenvalue weighted by Gasteiger charge is -2.35. The Morgan fingerprint density at radius 3 is 2.39 bits per heavy atom. The second-order valence-corrected chi connectivity index (χ2v) is 8.13. The summed E-state index contributed by atoms with van der Waals surface area (Å²) in [6, 6.07) is 12.9. The lowest BCUT2D eigenvalue weighted by atomic mass is 10.1. The molecular weight excluding hydrogens is 394 g/mol. The Morgan fingerprint density at radius 1 is 1.10 bits per heavy atom. The molecule has 31 heavy (non-hydrogen) atoms. The van der Waals surface area contributed by atoms with Crippen LogP contribution in [-0.2, 0) is 16.1 Å². The number of ether oxygens (including phenoxy) is 1. The van der Waals surface area contributed by atoms with Gasteiger partial charge in [-0.3, -0.25) is 14.2 Å². The van der Waals surface area contributed by atoms with E-state index in [9.17, 15) is 9.59 Å². The van der Waals surface area contributed by atoms with E-state index in [1.807, 2.05) is 64.1 Å². The van der Waals surface area contributed by atoms with Crippen LogP contribution in [0.3, 0.4) is 0 Å². The van der Waals surface area contributed by atoms with Crippen molar-refractivity contribution in [1.29, 1.82) is 0 Å². The third kappa shape index (κ3) is 4.44. The standard InChI is InChI=1S/C23H27N5O3/c1-15-10-16(2)28(25-15)23-24-20(19-8-6-5-7-9-19)11-21(29)27(23)14-22(30)26-12-17(3)31-18(4)13-26/h5-11,17-18H,12-14H2,1-4H3/t17-,18+. The van der Waals surface area contributed by atoms with Crippen molar-refractivity contribution >= 4 is 5.91 Å². The summed E-state index contributed by atoms with van der Waals surface area (Å²) in [5.74, 6) is 0.195. The van der Waals surface area contributed by atoms with Gasteiger partial charge in [0.05, 0.1) is 23.6 Å². The molecule has 0 radical (unpaired) electrons. The largest absolute Gasteiger partial charge is 0.372 e. The fourth-order valence-electron chi connectivity index (χ4n) is 4.01. The van der Waals surface area contributed by atoms with Crippen molar-refractivity contribution in [3.8, 4) is 17.2 Å². The van der Waals surface area contributed by atoms with Gasteiger partial charge in [-0.15, -0.1) is 0 Å². The predicted octanol–water partition coefficient (Wildman–Crippen LogP) is 2.35. The quantitative estimate of drug-likeness (QED) is 0.646. The van der Waals surface area contributed by atoms with E-state index in [4.69, 9.17) is 9.72 Å². The molecule has 0 bridgehead atoms. The van der Waals surface area contributed by atoms with Crippen LogP contribution in [0.4, 0.5) is 0 Å². The van der Waals surface area contributed by atoms with Gasteiger partial charge in [0.15, 0.2) is 0 Å². The molecule has 1 aliphatic heterocycles. The Kier molecular flexibility index (Phi) is 5.73. The van der Waals surface area contributed by atoms with Crippen LogP contribution in [0.15, 0.2) is 47.3 Å². The number of hydrogen-bond donors (Lipinski definition) is 0. The SMILES string of the molecule is Cc1cc(C)n(-c2nc(-c3ccccc3)cc(=O)n2CC(=O)N2C[C@@H](C)O[C@@H](C)C2)n1. The molecule has 3 aromatic rings. The molecule has 1 aliphatic rings. The molecule has 2 aromatic heterocycles. The number of morpholine rings is 1. The number of hydrogen-bond acceptors (Lipinski definition) is 5. The summed E-state index contributed by atoms with van der Waals surface area (Å²) in [6.07, 6.45) is -0.0861. The van der Waals surface area contributed by atoms with E-state index in [0.717, 1.165) is 17.0 Å². The summed E-state index contributed by atoms with van der Waals surface area (Å²) >= 11 is 0. The number of benzene rings is 1. The molecule has 8 nitrogen and oxygen atoms in total. The van der Waals surface area contributed by atoms with E-state index >= 15 is 0 Å². The van der Waals surface area contributed by atoms with E-state index in [-0.39, 0.29) is 30.2 Å². The molecule has 4 rings (SSSR count). The second-order valence-electron chi connectivity index (χ2n) is 8.13. The summed E-state index contributed by atoms with van der Waals surface area (Å²) < 4.78 is 8.76. The van der Waals surface area contributed by atoms with Gasteiger partial charge in [0, 0.05) is 30.4 Å². The van der Waals surface area contributed by atoms with Crippen LogP contribution in [0.2, 0.25) is 0 Å². The Balaban J connectivity index is 1.77. The van der Waals surface area contributed by atoms with E-state index in [2.05, 4.69) is 5.10 Å². The van der Waals surface area contributed by atoms with Crippen LogP contribution in [-0.4, -0.2) is 55.4 Å². The minimum Gasteiger partial charge on any atom is -0.372 e. The molecule has 0 saturated carbocycles. The molecular formula is C23H27N5O3. The highest BCUT2D eigenvalue weighted by molar-refractivity contribution is 5.76. The van der Waals surface area contributed by atoms with Crippen molar-refractivity contribution in [2.24, 2.45) is 0 Å².